The fraction of sp³-hybridized carbons (Fsp3) is 0.565. The second-order valence-electron chi connectivity index (χ2n) is 8.52. The third-order valence-electron chi connectivity index (χ3n) is 5.74. The molecule has 1 aliphatic rings. The van der Waals surface area contributed by atoms with Gasteiger partial charge in [-0.05, 0) is 43.0 Å². The van der Waals surface area contributed by atoms with E-state index in [2.05, 4.69) is 10.9 Å². The SMILES string of the molecule is CCCCC[C@H](CN(O)C=O)C(=O)NNC(=O)c1ccc2c(c1)CCCN2CC(=O)N(C)C. The lowest BCUT2D eigenvalue weighted by Crippen LogP contribution is -2.47. The van der Waals surface area contributed by atoms with Crippen molar-refractivity contribution in [2.45, 2.75) is 45.4 Å². The van der Waals surface area contributed by atoms with Crippen molar-refractivity contribution >= 4 is 29.8 Å². The highest BCUT2D eigenvalue weighted by atomic mass is 16.5. The van der Waals surface area contributed by atoms with Gasteiger partial charge in [0.25, 0.3) is 5.91 Å². The Labute approximate surface area is 194 Å². The van der Waals surface area contributed by atoms with E-state index in [1.54, 1.807) is 31.1 Å². The van der Waals surface area contributed by atoms with E-state index in [-0.39, 0.29) is 25.4 Å². The lowest BCUT2D eigenvalue weighted by atomic mass is 9.99. The molecule has 2 rings (SSSR count). The fourth-order valence-electron chi connectivity index (χ4n) is 3.79. The van der Waals surface area contributed by atoms with Crippen LogP contribution < -0.4 is 15.8 Å². The van der Waals surface area contributed by atoms with Crippen LogP contribution >= 0.6 is 0 Å². The third kappa shape index (κ3) is 7.74. The molecule has 182 valence electrons. The summed E-state index contributed by atoms with van der Waals surface area (Å²) in [7, 11) is 3.45. The Balaban J connectivity index is 2.00. The number of carbonyl (C=O) groups excluding carboxylic acids is 4. The zero-order valence-electron chi connectivity index (χ0n) is 19.7. The molecule has 0 spiro atoms. The van der Waals surface area contributed by atoms with Crippen LogP contribution in [-0.2, 0) is 20.8 Å². The second-order valence-corrected chi connectivity index (χ2v) is 8.52. The van der Waals surface area contributed by atoms with Crippen molar-refractivity contribution in [1.29, 1.82) is 0 Å². The number of hydrazine groups is 1. The summed E-state index contributed by atoms with van der Waals surface area (Å²) in [6, 6.07) is 5.28. The summed E-state index contributed by atoms with van der Waals surface area (Å²) in [5.74, 6) is -1.56. The molecule has 1 aliphatic heterocycles. The summed E-state index contributed by atoms with van der Waals surface area (Å²) < 4.78 is 0. The zero-order chi connectivity index (χ0) is 24.4. The summed E-state index contributed by atoms with van der Waals surface area (Å²) in [5, 5.41) is 9.92. The Morgan fingerprint density at radius 2 is 1.97 bits per heavy atom. The number of likely N-dealkylation sites (N-methyl/N-ethyl adjacent to an activating group) is 1. The van der Waals surface area contributed by atoms with E-state index < -0.39 is 17.7 Å². The van der Waals surface area contributed by atoms with Gasteiger partial charge in [-0.2, -0.15) is 0 Å². The summed E-state index contributed by atoms with van der Waals surface area (Å²) in [4.78, 5) is 51.6. The van der Waals surface area contributed by atoms with Gasteiger partial charge in [-0.15, -0.1) is 0 Å². The highest BCUT2D eigenvalue weighted by Crippen LogP contribution is 2.28. The van der Waals surface area contributed by atoms with Gasteiger partial charge in [0.1, 0.15) is 0 Å². The number of hydrogen-bond acceptors (Lipinski definition) is 6. The molecule has 0 aromatic heterocycles. The van der Waals surface area contributed by atoms with Gasteiger partial charge in [-0.3, -0.25) is 35.2 Å². The molecule has 1 heterocycles. The first-order valence-corrected chi connectivity index (χ1v) is 11.4. The van der Waals surface area contributed by atoms with Crippen molar-refractivity contribution in [2.24, 2.45) is 5.92 Å². The number of hydroxylamine groups is 2. The molecule has 0 radical (unpaired) electrons. The molecule has 0 bridgehead atoms. The van der Waals surface area contributed by atoms with Gasteiger partial charge in [0.05, 0.1) is 19.0 Å². The normalized spacial score (nSPS) is 13.5. The largest absolute Gasteiger partial charge is 0.362 e. The molecular formula is C23H35N5O5. The quantitative estimate of drug-likeness (QED) is 0.198. The maximum atomic E-state index is 12.6. The van der Waals surface area contributed by atoms with E-state index in [9.17, 15) is 24.4 Å². The molecule has 0 fully saturated rings. The van der Waals surface area contributed by atoms with Crippen molar-refractivity contribution in [3.8, 4) is 0 Å². The standard InChI is InChI=1S/C23H35N5O5/c1-4-5-6-8-19(14-28(33)16-29)23(32)25-24-22(31)18-10-11-20-17(13-18)9-7-12-27(20)15-21(30)26(2)3/h10-11,13,16,19,33H,4-9,12,14-15H2,1-3H3,(H,24,31)(H,25,32)/t19-/m1/s1. The number of unbranched alkanes of at least 4 members (excludes halogenated alkanes) is 2. The van der Waals surface area contributed by atoms with E-state index in [0.29, 0.717) is 17.0 Å². The van der Waals surface area contributed by atoms with E-state index in [0.717, 1.165) is 49.9 Å². The van der Waals surface area contributed by atoms with Crippen LogP contribution in [0.25, 0.3) is 0 Å². The summed E-state index contributed by atoms with van der Waals surface area (Å²) in [6.45, 7) is 2.95. The Morgan fingerprint density at radius 1 is 1.21 bits per heavy atom. The average Bonchev–Trinajstić information content (AvgIpc) is 2.81. The number of rotatable bonds is 11. The highest BCUT2D eigenvalue weighted by Gasteiger charge is 2.23. The topological polar surface area (TPSA) is 122 Å². The predicted octanol–water partition coefficient (Wildman–Crippen LogP) is 1.33. The molecule has 10 heteroatoms. The number of hydrogen-bond donors (Lipinski definition) is 3. The minimum absolute atomic E-state index is 0.0110. The number of nitrogens with one attached hydrogen (secondary N) is 2. The van der Waals surface area contributed by atoms with E-state index >= 15 is 0 Å². The summed E-state index contributed by atoms with van der Waals surface area (Å²) in [6.07, 6.45) is 5.08. The van der Waals surface area contributed by atoms with Crippen LogP contribution in [0.1, 0.15) is 54.9 Å². The lowest BCUT2D eigenvalue weighted by Gasteiger charge is -2.31. The van der Waals surface area contributed by atoms with Crippen LogP contribution in [0, 0.1) is 5.92 Å². The van der Waals surface area contributed by atoms with Gasteiger partial charge >= 0.3 is 0 Å². The smallest absolute Gasteiger partial charge is 0.269 e. The van der Waals surface area contributed by atoms with Crippen LogP contribution in [0.2, 0.25) is 0 Å². The van der Waals surface area contributed by atoms with Crippen molar-refractivity contribution < 1.29 is 24.4 Å². The minimum atomic E-state index is -0.640. The van der Waals surface area contributed by atoms with E-state index in [4.69, 9.17) is 0 Å². The van der Waals surface area contributed by atoms with Crippen LogP contribution in [-0.4, -0.2) is 73.0 Å². The number of benzene rings is 1. The highest BCUT2D eigenvalue weighted by molar-refractivity contribution is 5.96. The van der Waals surface area contributed by atoms with Crippen molar-refractivity contribution in [3.05, 3.63) is 29.3 Å². The van der Waals surface area contributed by atoms with Crippen molar-refractivity contribution in [1.82, 2.24) is 20.8 Å². The van der Waals surface area contributed by atoms with Gasteiger partial charge < -0.3 is 9.80 Å². The number of amides is 4. The molecule has 1 aromatic rings. The van der Waals surface area contributed by atoms with Gasteiger partial charge in [-0.1, -0.05) is 26.2 Å². The Bertz CT molecular complexity index is 845. The number of carbonyl (C=O) groups is 4. The monoisotopic (exact) mass is 461 g/mol. The summed E-state index contributed by atoms with van der Waals surface area (Å²) in [5.41, 5.74) is 7.15. The molecule has 10 nitrogen and oxygen atoms in total. The molecular weight excluding hydrogens is 426 g/mol. The summed E-state index contributed by atoms with van der Waals surface area (Å²) >= 11 is 0. The zero-order valence-corrected chi connectivity index (χ0v) is 19.7. The van der Waals surface area contributed by atoms with E-state index in [1.165, 1.54) is 0 Å². The molecule has 33 heavy (non-hydrogen) atoms. The number of nitrogens with zero attached hydrogens (tertiary/aromatic N) is 3. The molecule has 1 aromatic carbocycles. The maximum Gasteiger partial charge on any atom is 0.269 e. The predicted molar refractivity (Wildman–Crippen MR) is 123 cm³/mol. The fourth-order valence-corrected chi connectivity index (χ4v) is 3.79. The average molecular weight is 462 g/mol. The lowest BCUT2D eigenvalue weighted by molar-refractivity contribution is -0.154. The third-order valence-corrected chi connectivity index (χ3v) is 5.74. The Hall–Kier alpha value is -3.14. The van der Waals surface area contributed by atoms with Gasteiger partial charge in [0.2, 0.25) is 18.2 Å². The van der Waals surface area contributed by atoms with Crippen LogP contribution in [0.4, 0.5) is 5.69 Å². The first kappa shape index (κ1) is 26.1. The molecule has 1 atom stereocenters. The number of aryl methyl sites for hydroxylation is 1. The first-order chi connectivity index (χ1) is 15.8. The second kappa shape index (κ2) is 12.8. The van der Waals surface area contributed by atoms with Crippen LogP contribution in [0.5, 0.6) is 0 Å². The van der Waals surface area contributed by atoms with Crippen molar-refractivity contribution in [3.63, 3.8) is 0 Å². The van der Waals surface area contributed by atoms with Gasteiger partial charge in [0, 0.05) is 31.9 Å². The molecule has 3 N–H and O–H groups in total. The maximum absolute atomic E-state index is 12.6. The number of fused-ring (bicyclic) bond motifs is 1. The van der Waals surface area contributed by atoms with Crippen molar-refractivity contribution in [2.75, 3.05) is 38.6 Å². The Morgan fingerprint density at radius 3 is 2.64 bits per heavy atom. The molecule has 4 amide bonds. The van der Waals surface area contributed by atoms with Gasteiger partial charge in [-0.25, -0.2) is 5.06 Å². The Kier molecular flexibility index (Phi) is 10.1. The van der Waals surface area contributed by atoms with Crippen LogP contribution in [0.3, 0.4) is 0 Å². The molecule has 0 aliphatic carbocycles. The molecule has 0 saturated heterocycles. The first-order valence-electron chi connectivity index (χ1n) is 11.4. The number of anilines is 1. The minimum Gasteiger partial charge on any atom is -0.362 e. The molecule has 0 saturated carbocycles. The van der Waals surface area contributed by atoms with Gasteiger partial charge in [0.15, 0.2) is 0 Å². The van der Waals surface area contributed by atoms with Crippen LogP contribution in [0.15, 0.2) is 18.2 Å². The van der Waals surface area contributed by atoms with E-state index in [1.807, 2.05) is 17.9 Å². The molecule has 0 unspecified atom stereocenters.